The van der Waals surface area contributed by atoms with Gasteiger partial charge >= 0.3 is 12.1 Å². The topological polar surface area (TPSA) is 83.9 Å². The van der Waals surface area contributed by atoms with Gasteiger partial charge in [-0.05, 0) is 25.1 Å². The van der Waals surface area contributed by atoms with Crippen molar-refractivity contribution in [1.29, 1.82) is 0 Å². The molecule has 2 amide bonds. The number of rotatable bonds is 4. The maximum absolute atomic E-state index is 12.4. The Bertz CT molecular complexity index is 747. The third kappa shape index (κ3) is 4.20. The molecule has 1 aromatic rings. The Morgan fingerprint density at radius 1 is 1.26 bits per heavy atom. The monoisotopic (exact) mass is 417 g/mol. The van der Waals surface area contributed by atoms with E-state index < -0.39 is 18.1 Å². The van der Waals surface area contributed by atoms with Crippen molar-refractivity contribution in [2.75, 3.05) is 25.1 Å². The molecule has 9 heteroatoms. The van der Waals surface area contributed by atoms with E-state index in [0.717, 1.165) is 0 Å². The number of halogens is 2. The minimum Gasteiger partial charge on any atom is -0.477 e. The highest BCUT2D eigenvalue weighted by Gasteiger charge is 2.50. The van der Waals surface area contributed by atoms with Crippen LogP contribution in [0.15, 0.2) is 18.2 Å². The summed E-state index contributed by atoms with van der Waals surface area (Å²) in [6.07, 6.45) is 0.290. The van der Waals surface area contributed by atoms with Gasteiger partial charge in [0.2, 0.25) is 5.91 Å². The molecule has 1 atom stereocenters. The molecular formula is C18H23Cl2N2O5+. The van der Waals surface area contributed by atoms with Crippen LogP contribution in [0.4, 0.5) is 10.5 Å². The number of aliphatic carboxylic acids is 1. The largest absolute Gasteiger partial charge is 0.516 e. The third-order valence-electron chi connectivity index (χ3n) is 5.23. The number of carboxylic acids is 1. The molecule has 7 nitrogen and oxygen atoms in total. The molecule has 1 aliphatic heterocycles. The molecule has 0 aliphatic carbocycles. The fourth-order valence-corrected chi connectivity index (χ4v) is 4.19. The number of hydrogen-bond acceptors (Lipinski definition) is 4. The number of anilines is 1. The van der Waals surface area contributed by atoms with Crippen LogP contribution in [0.25, 0.3) is 0 Å². The van der Waals surface area contributed by atoms with Gasteiger partial charge in [-0.1, -0.05) is 23.2 Å². The number of amides is 2. The Labute approximate surface area is 168 Å². The summed E-state index contributed by atoms with van der Waals surface area (Å²) >= 11 is 12.2. The summed E-state index contributed by atoms with van der Waals surface area (Å²) in [5, 5.41) is 10.3. The number of carboxylic acid groups (broad SMARTS) is 1. The van der Waals surface area contributed by atoms with Gasteiger partial charge in [0, 0.05) is 30.8 Å². The lowest BCUT2D eigenvalue weighted by molar-refractivity contribution is -0.877. The van der Waals surface area contributed by atoms with E-state index in [1.54, 1.807) is 23.1 Å². The van der Waals surface area contributed by atoms with Gasteiger partial charge in [-0.15, -0.1) is 0 Å². The minimum absolute atomic E-state index is 0.187. The van der Waals surface area contributed by atoms with Crippen LogP contribution < -0.4 is 4.90 Å². The van der Waals surface area contributed by atoms with Crippen molar-refractivity contribution >= 4 is 46.9 Å². The maximum Gasteiger partial charge on any atom is 0.516 e. The number of hydrogen-bond donors (Lipinski definition) is 1. The van der Waals surface area contributed by atoms with Crippen LogP contribution in [-0.4, -0.2) is 59.8 Å². The van der Waals surface area contributed by atoms with Crippen LogP contribution in [-0.2, 0) is 14.3 Å². The van der Waals surface area contributed by atoms with Gasteiger partial charge < -0.3 is 14.7 Å². The summed E-state index contributed by atoms with van der Waals surface area (Å²) in [5.41, 5.74) is 0.544. The molecule has 0 saturated carbocycles. The average molecular weight is 418 g/mol. The first-order valence-corrected chi connectivity index (χ1v) is 9.32. The van der Waals surface area contributed by atoms with E-state index in [9.17, 15) is 19.5 Å². The number of piperidine rings is 1. The zero-order chi connectivity index (χ0) is 20.4. The standard InChI is InChI=1S/C18H22Cl2N2O5/c1-11(17(24)25)22(18(26)27-3)8-6-14(7-9-22)21(12(2)23)16-5-4-13(19)10-15(16)20/h4-5,10-11,14H,6-9H2,1-3H3/p+1. The Morgan fingerprint density at radius 2 is 1.85 bits per heavy atom. The number of benzene rings is 1. The highest BCUT2D eigenvalue weighted by atomic mass is 35.5. The lowest BCUT2D eigenvalue weighted by atomic mass is 9.97. The fraction of sp³-hybridized carbons (Fsp3) is 0.500. The summed E-state index contributed by atoms with van der Waals surface area (Å²) < 4.78 is 4.57. The third-order valence-corrected chi connectivity index (χ3v) is 5.77. The molecule has 0 bridgehead atoms. The molecule has 1 N–H and O–H groups in total. The van der Waals surface area contributed by atoms with Crippen molar-refractivity contribution < 1.29 is 28.7 Å². The Hall–Kier alpha value is -1.83. The van der Waals surface area contributed by atoms with Gasteiger partial charge in [0.25, 0.3) is 0 Å². The molecule has 1 unspecified atom stereocenters. The summed E-state index contributed by atoms with van der Waals surface area (Å²) in [4.78, 5) is 37.8. The quantitative estimate of drug-likeness (QED) is 0.756. The highest BCUT2D eigenvalue weighted by molar-refractivity contribution is 6.36. The molecule has 0 spiro atoms. The number of nitrogens with zero attached hydrogens (tertiary/aromatic N) is 2. The molecule has 2 rings (SSSR count). The molecule has 148 valence electrons. The number of carbonyl (C=O) groups excluding carboxylic acids is 2. The summed E-state index contributed by atoms with van der Waals surface area (Å²) in [5.74, 6) is -1.25. The van der Waals surface area contributed by atoms with Crippen LogP contribution in [0, 0.1) is 0 Å². The van der Waals surface area contributed by atoms with E-state index in [2.05, 4.69) is 0 Å². The highest BCUT2D eigenvalue weighted by Crippen LogP contribution is 2.34. The normalized spacial score (nSPS) is 23.4. The SMILES string of the molecule is COC(=O)[N+]1(C(C)C(=O)O)CCC(N(C(C)=O)c2ccc(Cl)cc2Cl)CC1. The van der Waals surface area contributed by atoms with Crippen LogP contribution in [0.5, 0.6) is 0 Å². The maximum atomic E-state index is 12.4. The Kier molecular flexibility index (Phi) is 6.72. The van der Waals surface area contributed by atoms with E-state index in [1.165, 1.54) is 21.0 Å². The second-order valence-corrected chi connectivity index (χ2v) is 7.53. The van der Waals surface area contributed by atoms with E-state index in [4.69, 9.17) is 27.9 Å². The van der Waals surface area contributed by atoms with Crippen LogP contribution >= 0.6 is 23.2 Å². The van der Waals surface area contributed by atoms with E-state index >= 15 is 0 Å². The molecule has 1 aliphatic rings. The van der Waals surface area contributed by atoms with Crippen molar-refractivity contribution in [3.05, 3.63) is 28.2 Å². The number of carbonyl (C=O) groups is 3. The minimum atomic E-state index is -1.07. The van der Waals surface area contributed by atoms with Gasteiger partial charge in [-0.3, -0.25) is 4.79 Å². The van der Waals surface area contributed by atoms with Crippen molar-refractivity contribution in [2.24, 2.45) is 0 Å². The smallest absolute Gasteiger partial charge is 0.477 e. The molecule has 0 radical (unpaired) electrons. The fourth-order valence-electron chi connectivity index (χ4n) is 3.69. The molecule has 1 fully saturated rings. The number of quaternary nitrogens is 1. The van der Waals surface area contributed by atoms with Crippen LogP contribution in [0.2, 0.25) is 10.0 Å². The van der Waals surface area contributed by atoms with E-state index in [1.807, 2.05) is 0 Å². The zero-order valence-corrected chi connectivity index (χ0v) is 17.0. The summed E-state index contributed by atoms with van der Waals surface area (Å²) in [6.45, 7) is 3.44. The van der Waals surface area contributed by atoms with Crippen molar-refractivity contribution in [2.45, 2.75) is 38.8 Å². The molecule has 1 heterocycles. The molecule has 1 aromatic carbocycles. The van der Waals surface area contributed by atoms with E-state index in [-0.39, 0.29) is 29.5 Å². The number of methoxy groups -OCH3 is 1. The van der Waals surface area contributed by atoms with Crippen LogP contribution in [0.1, 0.15) is 26.7 Å². The molecule has 27 heavy (non-hydrogen) atoms. The molecule has 1 saturated heterocycles. The van der Waals surface area contributed by atoms with Crippen LogP contribution in [0.3, 0.4) is 0 Å². The molecular weight excluding hydrogens is 395 g/mol. The zero-order valence-electron chi connectivity index (χ0n) is 15.4. The number of likely N-dealkylation sites (tertiary alicyclic amines) is 1. The Balaban J connectivity index is 2.30. The van der Waals surface area contributed by atoms with Gasteiger partial charge in [-0.25, -0.2) is 9.28 Å². The van der Waals surface area contributed by atoms with Gasteiger partial charge in [0.15, 0.2) is 6.04 Å². The van der Waals surface area contributed by atoms with Gasteiger partial charge in [0.1, 0.15) is 0 Å². The predicted octanol–water partition coefficient (Wildman–Crippen LogP) is 3.57. The first-order valence-electron chi connectivity index (χ1n) is 8.57. The Morgan fingerprint density at radius 3 is 2.30 bits per heavy atom. The second kappa shape index (κ2) is 8.46. The van der Waals surface area contributed by atoms with Crippen molar-refractivity contribution in [3.8, 4) is 0 Å². The van der Waals surface area contributed by atoms with Gasteiger partial charge in [-0.2, -0.15) is 4.79 Å². The first-order chi connectivity index (χ1) is 12.6. The van der Waals surface area contributed by atoms with Crippen molar-refractivity contribution in [1.82, 2.24) is 0 Å². The molecule has 0 aromatic heterocycles. The van der Waals surface area contributed by atoms with E-state index in [0.29, 0.717) is 28.6 Å². The lowest BCUT2D eigenvalue weighted by Gasteiger charge is -2.44. The predicted molar refractivity (Wildman–Crippen MR) is 102 cm³/mol. The number of ether oxygens (including phenoxy) is 1. The second-order valence-electron chi connectivity index (χ2n) is 6.68. The summed E-state index contributed by atoms with van der Waals surface area (Å²) in [6, 6.07) is 3.76. The van der Waals surface area contributed by atoms with Gasteiger partial charge in [0.05, 0.1) is 30.9 Å². The summed E-state index contributed by atoms with van der Waals surface area (Å²) in [7, 11) is 1.25. The van der Waals surface area contributed by atoms with Crippen molar-refractivity contribution in [3.63, 3.8) is 0 Å². The average Bonchev–Trinajstić information content (AvgIpc) is 2.62. The first kappa shape index (κ1) is 21.5. The lowest BCUT2D eigenvalue weighted by Crippen LogP contribution is -2.66.